The van der Waals surface area contributed by atoms with E-state index in [1.165, 1.54) is 0 Å². The minimum absolute atomic E-state index is 0.0123. The van der Waals surface area contributed by atoms with Crippen LogP contribution in [0.1, 0.15) is 54.2 Å². The van der Waals surface area contributed by atoms with E-state index in [1.54, 1.807) is 71.0 Å². The number of alkyl carbamates (subject to hydrolysis) is 1. The van der Waals surface area contributed by atoms with E-state index < -0.39 is 48.5 Å². The lowest BCUT2D eigenvalue weighted by atomic mass is 10.0. The van der Waals surface area contributed by atoms with Crippen LogP contribution < -0.4 is 5.32 Å². The van der Waals surface area contributed by atoms with Crippen LogP contribution in [0.2, 0.25) is 0 Å². The molecule has 0 bridgehead atoms. The van der Waals surface area contributed by atoms with Crippen LogP contribution in [-0.4, -0.2) is 42.1 Å². The van der Waals surface area contributed by atoms with Gasteiger partial charge in [0.1, 0.15) is 18.2 Å². The van der Waals surface area contributed by atoms with E-state index in [0.717, 1.165) is 5.56 Å². The van der Waals surface area contributed by atoms with Crippen molar-refractivity contribution < 1.29 is 33.4 Å². The lowest BCUT2D eigenvalue weighted by Gasteiger charge is -2.22. The van der Waals surface area contributed by atoms with E-state index in [4.69, 9.17) is 14.2 Å². The number of amides is 1. The summed E-state index contributed by atoms with van der Waals surface area (Å²) in [6.45, 7) is 7.96. The third kappa shape index (κ3) is 8.69. The Kier molecular flexibility index (Phi) is 9.36. The van der Waals surface area contributed by atoms with Crippen molar-refractivity contribution in [2.24, 2.45) is 0 Å². The summed E-state index contributed by atoms with van der Waals surface area (Å²) in [4.78, 5) is 49.9. The molecule has 8 nitrogen and oxygen atoms in total. The van der Waals surface area contributed by atoms with Gasteiger partial charge in [-0.2, -0.15) is 0 Å². The Balaban J connectivity index is 2.04. The molecule has 2 aromatic carbocycles. The van der Waals surface area contributed by atoms with Gasteiger partial charge in [0.25, 0.3) is 0 Å². The normalized spacial score (nSPS) is 11.8. The molecule has 2 aromatic rings. The van der Waals surface area contributed by atoms with Crippen LogP contribution in [0.5, 0.6) is 0 Å². The standard InChI is InChI=1S/C26H31NO7/c1-17-10-9-11-18(2)23(17)24(30)32-16-21(28)20(14-22(29)34-26(3,4)5)27-25(31)33-15-19-12-7-6-8-13-19/h6-13,20H,14-16H2,1-5H3,(H,27,31). The predicted molar refractivity (Wildman–Crippen MR) is 125 cm³/mol. The first-order valence-corrected chi connectivity index (χ1v) is 10.9. The molecule has 1 unspecified atom stereocenters. The average Bonchev–Trinajstić information content (AvgIpc) is 2.75. The molecule has 1 N–H and O–H groups in total. The van der Waals surface area contributed by atoms with Crippen LogP contribution in [0.4, 0.5) is 4.79 Å². The summed E-state index contributed by atoms with van der Waals surface area (Å²) in [6.07, 6.45) is -1.32. The highest BCUT2D eigenvalue weighted by Gasteiger charge is 2.28. The Morgan fingerprint density at radius 1 is 0.882 bits per heavy atom. The maximum Gasteiger partial charge on any atom is 0.408 e. The van der Waals surface area contributed by atoms with Gasteiger partial charge in [0.15, 0.2) is 12.4 Å². The largest absolute Gasteiger partial charge is 0.460 e. The van der Waals surface area contributed by atoms with Gasteiger partial charge in [0, 0.05) is 0 Å². The summed E-state index contributed by atoms with van der Waals surface area (Å²) in [6, 6.07) is 13.1. The van der Waals surface area contributed by atoms with E-state index >= 15 is 0 Å². The number of aryl methyl sites for hydroxylation is 2. The summed E-state index contributed by atoms with van der Waals surface area (Å²) in [5.41, 5.74) is 1.79. The van der Waals surface area contributed by atoms with Crippen molar-refractivity contribution in [1.82, 2.24) is 5.32 Å². The van der Waals surface area contributed by atoms with Crippen LogP contribution in [0.3, 0.4) is 0 Å². The summed E-state index contributed by atoms with van der Waals surface area (Å²) in [7, 11) is 0. The number of ketones is 1. The summed E-state index contributed by atoms with van der Waals surface area (Å²) < 4.78 is 15.6. The molecule has 0 aliphatic carbocycles. The number of ether oxygens (including phenoxy) is 3. The Bertz CT molecular complexity index is 1000. The molecule has 2 rings (SSSR count). The summed E-state index contributed by atoms with van der Waals surface area (Å²) in [5.74, 6) is -2.01. The number of hydrogen-bond donors (Lipinski definition) is 1. The highest BCUT2D eigenvalue weighted by atomic mass is 16.6. The molecule has 1 amide bonds. The number of carbonyl (C=O) groups is 4. The van der Waals surface area contributed by atoms with E-state index in [-0.39, 0.29) is 6.61 Å². The zero-order valence-electron chi connectivity index (χ0n) is 20.2. The van der Waals surface area contributed by atoms with Crippen molar-refractivity contribution in [2.45, 2.75) is 59.3 Å². The Morgan fingerprint density at radius 3 is 2.09 bits per heavy atom. The third-order valence-electron chi connectivity index (χ3n) is 4.72. The van der Waals surface area contributed by atoms with Crippen molar-refractivity contribution in [2.75, 3.05) is 6.61 Å². The molecule has 8 heteroatoms. The number of hydrogen-bond acceptors (Lipinski definition) is 7. The van der Waals surface area contributed by atoms with Gasteiger partial charge in [-0.1, -0.05) is 48.5 Å². The first kappa shape index (κ1) is 26.6. The molecule has 34 heavy (non-hydrogen) atoms. The minimum Gasteiger partial charge on any atom is -0.460 e. The highest BCUT2D eigenvalue weighted by molar-refractivity contribution is 5.96. The van der Waals surface area contributed by atoms with Gasteiger partial charge >= 0.3 is 18.0 Å². The molecular formula is C26H31NO7. The zero-order valence-corrected chi connectivity index (χ0v) is 20.2. The van der Waals surface area contributed by atoms with Crippen molar-refractivity contribution in [3.05, 3.63) is 70.8 Å². The molecule has 0 aliphatic rings. The monoisotopic (exact) mass is 469 g/mol. The smallest absolute Gasteiger partial charge is 0.408 e. The molecular weight excluding hydrogens is 438 g/mol. The number of esters is 2. The fourth-order valence-corrected chi connectivity index (χ4v) is 3.15. The van der Waals surface area contributed by atoms with Gasteiger partial charge in [-0.05, 0) is 51.3 Å². The lowest BCUT2D eigenvalue weighted by molar-refractivity contribution is -0.156. The molecule has 0 aliphatic heterocycles. The highest BCUT2D eigenvalue weighted by Crippen LogP contribution is 2.15. The lowest BCUT2D eigenvalue weighted by Crippen LogP contribution is -2.45. The van der Waals surface area contributed by atoms with Crippen molar-refractivity contribution >= 4 is 23.8 Å². The van der Waals surface area contributed by atoms with Crippen molar-refractivity contribution in [3.63, 3.8) is 0 Å². The van der Waals surface area contributed by atoms with Crippen LogP contribution in [-0.2, 0) is 30.4 Å². The maximum absolute atomic E-state index is 12.8. The average molecular weight is 470 g/mol. The van der Waals surface area contributed by atoms with E-state index in [9.17, 15) is 19.2 Å². The molecule has 0 radical (unpaired) electrons. The van der Waals surface area contributed by atoms with Crippen LogP contribution in [0.25, 0.3) is 0 Å². The number of benzene rings is 2. The molecule has 182 valence electrons. The second kappa shape index (κ2) is 12.0. The van der Waals surface area contributed by atoms with Gasteiger partial charge in [-0.15, -0.1) is 0 Å². The molecule has 0 aromatic heterocycles. The fourth-order valence-electron chi connectivity index (χ4n) is 3.15. The number of rotatable bonds is 9. The second-order valence-corrected chi connectivity index (χ2v) is 8.86. The molecule has 0 saturated carbocycles. The van der Waals surface area contributed by atoms with Gasteiger partial charge in [-0.3, -0.25) is 9.59 Å². The Labute approximate surface area is 199 Å². The van der Waals surface area contributed by atoms with E-state index in [2.05, 4.69) is 5.32 Å². The first-order chi connectivity index (χ1) is 16.0. The fraction of sp³-hybridized carbons (Fsp3) is 0.385. The van der Waals surface area contributed by atoms with Gasteiger partial charge in [0.05, 0.1) is 12.0 Å². The SMILES string of the molecule is Cc1cccc(C)c1C(=O)OCC(=O)C(CC(=O)OC(C)(C)C)NC(=O)OCc1ccccc1. The van der Waals surface area contributed by atoms with Crippen LogP contribution in [0.15, 0.2) is 48.5 Å². The van der Waals surface area contributed by atoms with Crippen LogP contribution >= 0.6 is 0 Å². The minimum atomic E-state index is -1.29. The van der Waals surface area contributed by atoms with E-state index in [1.807, 2.05) is 12.1 Å². The molecule has 0 spiro atoms. The van der Waals surface area contributed by atoms with Gasteiger partial charge in [0.2, 0.25) is 0 Å². The predicted octanol–water partition coefficient (Wildman–Crippen LogP) is 4.06. The number of carbonyl (C=O) groups excluding carboxylic acids is 4. The second-order valence-electron chi connectivity index (χ2n) is 8.86. The third-order valence-corrected chi connectivity index (χ3v) is 4.72. The quantitative estimate of drug-likeness (QED) is 0.436. The van der Waals surface area contributed by atoms with Crippen molar-refractivity contribution in [1.29, 1.82) is 0 Å². The van der Waals surface area contributed by atoms with E-state index in [0.29, 0.717) is 16.7 Å². The van der Waals surface area contributed by atoms with Gasteiger partial charge in [-0.25, -0.2) is 9.59 Å². The van der Waals surface area contributed by atoms with Crippen LogP contribution in [0, 0.1) is 13.8 Å². The van der Waals surface area contributed by atoms with Crippen molar-refractivity contribution in [3.8, 4) is 0 Å². The molecule has 0 heterocycles. The zero-order chi connectivity index (χ0) is 25.3. The Hall–Kier alpha value is -3.68. The topological polar surface area (TPSA) is 108 Å². The number of Topliss-reactive ketones (excluding diaryl/α,β-unsaturated/α-hetero) is 1. The molecule has 0 fully saturated rings. The molecule has 1 atom stereocenters. The summed E-state index contributed by atoms with van der Waals surface area (Å²) in [5, 5.41) is 2.39. The molecule has 0 saturated heterocycles. The Morgan fingerprint density at radius 2 is 1.50 bits per heavy atom. The first-order valence-electron chi connectivity index (χ1n) is 10.9. The maximum atomic E-state index is 12.8. The number of nitrogens with one attached hydrogen (secondary N) is 1. The van der Waals surface area contributed by atoms with Gasteiger partial charge < -0.3 is 19.5 Å². The summed E-state index contributed by atoms with van der Waals surface area (Å²) >= 11 is 0.